The number of thioether (sulfide) groups is 1. The van der Waals surface area contributed by atoms with Crippen LogP contribution in [-0.2, 0) is 9.59 Å². The minimum absolute atomic E-state index is 0.0111. The first kappa shape index (κ1) is 18.6. The zero-order valence-electron chi connectivity index (χ0n) is 14.9. The number of amides is 2. The molecule has 0 saturated carbocycles. The van der Waals surface area contributed by atoms with Gasteiger partial charge in [0.25, 0.3) is 0 Å². The summed E-state index contributed by atoms with van der Waals surface area (Å²) in [7, 11) is 0. The highest BCUT2D eigenvalue weighted by Crippen LogP contribution is 2.28. The summed E-state index contributed by atoms with van der Waals surface area (Å²) in [6.45, 7) is 11.1. The molecule has 0 aromatic heterocycles. The monoisotopic (exact) mass is 341 g/mol. The van der Waals surface area contributed by atoms with Crippen LogP contribution in [0.2, 0.25) is 0 Å². The molecule has 0 bridgehead atoms. The fourth-order valence-corrected chi connectivity index (χ4v) is 4.27. The summed E-state index contributed by atoms with van der Waals surface area (Å²) in [5, 5.41) is 6.47. The zero-order chi connectivity index (χ0) is 17.1. The van der Waals surface area contributed by atoms with Gasteiger partial charge in [0.2, 0.25) is 11.8 Å². The molecule has 1 unspecified atom stereocenters. The molecule has 2 fully saturated rings. The van der Waals surface area contributed by atoms with E-state index in [1.165, 1.54) is 0 Å². The van der Waals surface area contributed by atoms with Crippen molar-refractivity contribution in [1.29, 1.82) is 0 Å². The quantitative estimate of drug-likeness (QED) is 0.819. The Bertz CT molecular complexity index is 442. The first-order valence-electron chi connectivity index (χ1n) is 8.56. The van der Waals surface area contributed by atoms with Crippen molar-refractivity contribution in [2.75, 3.05) is 31.3 Å². The van der Waals surface area contributed by atoms with E-state index in [1.807, 2.05) is 0 Å². The van der Waals surface area contributed by atoms with Gasteiger partial charge in [0, 0.05) is 18.7 Å². The van der Waals surface area contributed by atoms with Gasteiger partial charge >= 0.3 is 0 Å². The third kappa shape index (κ3) is 5.38. The van der Waals surface area contributed by atoms with Crippen molar-refractivity contribution in [2.24, 2.45) is 10.8 Å². The third-order valence-corrected chi connectivity index (χ3v) is 5.70. The van der Waals surface area contributed by atoms with Crippen molar-refractivity contribution in [3.05, 3.63) is 0 Å². The van der Waals surface area contributed by atoms with Crippen LogP contribution in [0.5, 0.6) is 0 Å². The van der Waals surface area contributed by atoms with Crippen molar-refractivity contribution >= 4 is 23.6 Å². The number of piperidine rings is 1. The van der Waals surface area contributed by atoms with E-state index in [0.29, 0.717) is 24.6 Å². The maximum Gasteiger partial charge on any atom is 0.243 e. The molecule has 2 amide bonds. The third-order valence-electron chi connectivity index (χ3n) is 4.69. The van der Waals surface area contributed by atoms with E-state index in [9.17, 15) is 9.59 Å². The molecule has 2 aliphatic rings. The molecule has 0 radical (unpaired) electrons. The maximum absolute atomic E-state index is 12.6. The second-order valence-electron chi connectivity index (χ2n) is 8.40. The summed E-state index contributed by atoms with van der Waals surface area (Å²) in [5.41, 5.74) is 0.126. The minimum atomic E-state index is -0.305. The van der Waals surface area contributed by atoms with Crippen molar-refractivity contribution < 1.29 is 9.59 Å². The number of carbonyl (C=O) groups excluding carboxylic acids is 2. The molecule has 6 heteroatoms. The van der Waals surface area contributed by atoms with E-state index < -0.39 is 0 Å². The molecule has 2 rings (SSSR count). The molecule has 2 saturated heterocycles. The Morgan fingerprint density at radius 3 is 2.57 bits per heavy atom. The van der Waals surface area contributed by atoms with E-state index >= 15 is 0 Å². The second-order valence-corrected chi connectivity index (χ2v) is 9.39. The first-order chi connectivity index (χ1) is 10.7. The first-order valence-corrected chi connectivity index (χ1v) is 9.71. The summed E-state index contributed by atoms with van der Waals surface area (Å²) in [5.74, 6) is 1.45. The Morgan fingerprint density at radius 2 is 1.96 bits per heavy atom. The molecule has 2 N–H and O–H groups in total. The molecule has 0 spiro atoms. The largest absolute Gasteiger partial charge is 0.354 e. The van der Waals surface area contributed by atoms with Gasteiger partial charge in [0.15, 0.2) is 0 Å². The van der Waals surface area contributed by atoms with Gasteiger partial charge in [0.1, 0.15) is 6.04 Å². The van der Waals surface area contributed by atoms with Gasteiger partial charge in [0.05, 0.1) is 5.88 Å². The van der Waals surface area contributed by atoms with E-state index in [1.54, 1.807) is 16.7 Å². The zero-order valence-corrected chi connectivity index (χ0v) is 15.7. The van der Waals surface area contributed by atoms with Gasteiger partial charge in [-0.25, -0.2) is 0 Å². The van der Waals surface area contributed by atoms with Crippen LogP contribution < -0.4 is 10.6 Å². The number of nitrogens with one attached hydrogen (secondary N) is 2. The lowest BCUT2D eigenvalue weighted by atomic mass is 9.81. The van der Waals surface area contributed by atoms with E-state index in [2.05, 4.69) is 38.3 Å². The molecule has 5 nitrogen and oxygen atoms in total. The molecule has 0 aromatic carbocycles. The highest BCUT2D eigenvalue weighted by molar-refractivity contribution is 7.99. The highest BCUT2D eigenvalue weighted by atomic mass is 32.2. The Balaban J connectivity index is 1.88. The predicted molar refractivity (Wildman–Crippen MR) is 95.3 cm³/mol. The van der Waals surface area contributed by atoms with Gasteiger partial charge < -0.3 is 15.5 Å². The van der Waals surface area contributed by atoms with Crippen LogP contribution in [0.25, 0.3) is 0 Å². The van der Waals surface area contributed by atoms with Crippen LogP contribution >= 0.6 is 11.8 Å². The number of hydrogen-bond donors (Lipinski definition) is 2. The topological polar surface area (TPSA) is 61.4 Å². The maximum atomic E-state index is 12.6. The Labute approximate surface area is 144 Å². The summed E-state index contributed by atoms with van der Waals surface area (Å²) < 4.78 is 0. The number of rotatable bonds is 4. The van der Waals surface area contributed by atoms with Gasteiger partial charge in [-0.3, -0.25) is 9.59 Å². The Morgan fingerprint density at radius 1 is 1.30 bits per heavy atom. The minimum Gasteiger partial charge on any atom is -0.354 e. The van der Waals surface area contributed by atoms with Crippen molar-refractivity contribution in [3.63, 3.8) is 0 Å². The van der Waals surface area contributed by atoms with Crippen molar-refractivity contribution in [1.82, 2.24) is 15.5 Å². The SMILES string of the molecule is CC(C)(C)CC(=O)N1CSCC1C(=O)NCC1(C)CCNCC1. The van der Waals surface area contributed by atoms with Crippen molar-refractivity contribution in [3.8, 4) is 0 Å². The molecule has 0 aliphatic carbocycles. The lowest BCUT2D eigenvalue weighted by molar-refractivity contribution is -0.139. The molecule has 132 valence electrons. The summed E-state index contributed by atoms with van der Waals surface area (Å²) in [4.78, 5) is 26.8. The second kappa shape index (κ2) is 7.43. The highest BCUT2D eigenvalue weighted by Gasteiger charge is 2.36. The molecular formula is C17H31N3O2S. The molecule has 23 heavy (non-hydrogen) atoms. The van der Waals surface area contributed by atoms with E-state index in [4.69, 9.17) is 0 Å². The lowest BCUT2D eigenvalue weighted by Crippen LogP contribution is -2.51. The molecule has 1 atom stereocenters. The van der Waals surface area contributed by atoms with Gasteiger partial charge in [-0.1, -0.05) is 27.7 Å². The molecule has 2 aliphatic heterocycles. The lowest BCUT2D eigenvalue weighted by Gasteiger charge is -2.35. The van der Waals surface area contributed by atoms with E-state index in [0.717, 1.165) is 25.9 Å². The van der Waals surface area contributed by atoms with Crippen LogP contribution in [0.15, 0.2) is 0 Å². The number of hydrogen-bond acceptors (Lipinski definition) is 4. The van der Waals surface area contributed by atoms with Crippen molar-refractivity contribution in [2.45, 2.75) is 53.0 Å². The Hall–Kier alpha value is -0.750. The normalized spacial score (nSPS) is 24.5. The smallest absolute Gasteiger partial charge is 0.243 e. The molecule has 0 aromatic rings. The van der Waals surface area contributed by atoms with Crippen LogP contribution in [0.3, 0.4) is 0 Å². The van der Waals surface area contributed by atoms with Crippen LogP contribution in [0, 0.1) is 10.8 Å². The predicted octanol–water partition coefficient (Wildman–Crippen LogP) is 1.83. The summed E-state index contributed by atoms with van der Waals surface area (Å²) in [6.07, 6.45) is 2.65. The fraction of sp³-hybridized carbons (Fsp3) is 0.882. The summed E-state index contributed by atoms with van der Waals surface area (Å²) >= 11 is 1.67. The van der Waals surface area contributed by atoms with Crippen LogP contribution in [0.1, 0.15) is 47.0 Å². The standard InChI is InChI=1S/C17H31N3O2S/c1-16(2,3)9-14(21)20-12-23-10-13(20)15(22)19-11-17(4)5-7-18-8-6-17/h13,18H,5-12H2,1-4H3,(H,19,22). The van der Waals surface area contributed by atoms with Gasteiger partial charge in [-0.2, -0.15) is 0 Å². The average Bonchev–Trinajstić information content (AvgIpc) is 2.93. The molecular weight excluding hydrogens is 310 g/mol. The number of carbonyl (C=O) groups is 2. The van der Waals surface area contributed by atoms with E-state index in [-0.39, 0.29) is 28.7 Å². The van der Waals surface area contributed by atoms with Gasteiger partial charge in [-0.15, -0.1) is 11.8 Å². The molecule has 2 heterocycles. The summed E-state index contributed by atoms with van der Waals surface area (Å²) in [6, 6.07) is -0.305. The number of nitrogens with zero attached hydrogens (tertiary/aromatic N) is 1. The van der Waals surface area contributed by atoms with Gasteiger partial charge in [-0.05, 0) is 36.8 Å². The van der Waals surface area contributed by atoms with Crippen LogP contribution in [0.4, 0.5) is 0 Å². The Kier molecular flexibility index (Phi) is 6.00. The van der Waals surface area contributed by atoms with Crippen LogP contribution in [-0.4, -0.2) is 54.0 Å². The average molecular weight is 342 g/mol. The fourth-order valence-electron chi connectivity index (χ4n) is 3.09.